The van der Waals surface area contributed by atoms with Gasteiger partial charge in [0, 0.05) is 0 Å². The van der Waals surface area contributed by atoms with E-state index in [9.17, 15) is 0 Å². The van der Waals surface area contributed by atoms with Gasteiger partial charge >= 0.3 is 0 Å². The highest BCUT2D eigenvalue weighted by Crippen LogP contribution is 2.36. The third-order valence-electron chi connectivity index (χ3n) is 2.24. The number of nitrogens with zero attached hydrogens (tertiary/aromatic N) is 2. The summed E-state index contributed by atoms with van der Waals surface area (Å²) in [5.74, 6) is 1.55. The number of aryl methyl sites for hydroxylation is 1. The molecule has 0 radical (unpaired) electrons. The standard InChI is InChI=1S/C12H10BrClN2O2/c1-7-3-4-8(9(5-7)17-2)18-12-10(13)11(14)15-6-16-12/h3-6H,1-2H3. The number of benzene rings is 1. The van der Waals surface area contributed by atoms with Gasteiger partial charge in [-0.3, -0.25) is 0 Å². The predicted octanol–water partition coefficient (Wildman–Crippen LogP) is 4.00. The van der Waals surface area contributed by atoms with E-state index in [1.54, 1.807) is 7.11 Å². The fraction of sp³-hybridized carbons (Fsp3) is 0.167. The Kier molecular flexibility index (Phi) is 4.04. The Bertz CT molecular complexity index is 578. The highest BCUT2D eigenvalue weighted by atomic mass is 79.9. The zero-order valence-electron chi connectivity index (χ0n) is 9.78. The molecule has 6 heteroatoms. The van der Waals surface area contributed by atoms with Crippen molar-refractivity contribution >= 4 is 27.5 Å². The Balaban J connectivity index is 2.37. The molecule has 1 heterocycles. The van der Waals surface area contributed by atoms with E-state index >= 15 is 0 Å². The van der Waals surface area contributed by atoms with Crippen LogP contribution in [-0.4, -0.2) is 17.1 Å². The van der Waals surface area contributed by atoms with Crippen LogP contribution in [0.5, 0.6) is 17.4 Å². The molecule has 2 rings (SSSR count). The molecule has 0 aliphatic carbocycles. The average molecular weight is 330 g/mol. The molecule has 94 valence electrons. The number of halogens is 2. The molecule has 0 N–H and O–H groups in total. The van der Waals surface area contributed by atoms with Crippen LogP contribution in [0.4, 0.5) is 0 Å². The molecule has 4 nitrogen and oxygen atoms in total. The van der Waals surface area contributed by atoms with Gasteiger partial charge in [-0.15, -0.1) is 0 Å². The largest absolute Gasteiger partial charge is 0.493 e. The second-order valence-corrected chi connectivity index (χ2v) is 4.69. The molecule has 0 fully saturated rings. The fourth-order valence-electron chi connectivity index (χ4n) is 1.37. The summed E-state index contributed by atoms with van der Waals surface area (Å²) in [6.45, 7) is 1.98. The van der Waals surface area contributed by atoms with Crippen LogP contribution >= 0.6 is 27.5 Å². The zero-order valence-corrected chi connectivity index (χ0v) is 12.1. The second kappa shape index (κ2) is 5.54. The maximum absolute atomic E-state index is 5.87. The summed E-state index contributed by atoms with van der Waals surface area (Å²) < 4.78 is 11.4. The van der Waals surface area contributed by atoms with Crippen molar-refractivity contribution in [3.8, 4) is 17.4 Å². The van der Waals surface area contributed by atoms with Gasteiger partial charge in [0.05, 0.1) is 7.11 Å². The van der Waals surface area contributed by atoms with Crippen LogP contribution < -0.4 is 9.47 Å². The Morgan fingerprint density at radius 2 is 2.00 bits per heavy atom. The molecule has 1 aromatic heterocycles. The van der Waals surface area contributed by atoms with E-state index in [1.807, 2.05) is 25.1 Å². The van der Waals surface area contributed by atoms with Gasteiger partial charge in [-0.05, 0) is 40.5 Å². The Morgan fingerprint density at radius 1 is 1.22 bits per heavy atom. The minimum Gasteiger partial charge on any atom is -0.493 e. The average Bonchev–Trinajstić information content (AvgIpc) is 2.37. The van der Waals surface area contributed by atoms with Crippen LogP contribution in [0.2, 0.25) is 5.15 Å². The highest BCUT2D eigenvalue weighted by molar-refractivity contribution is 9.10. The molecule has 0 saturated heterocycles. The molecule has 0 unspecified atom stereocenters. The molecule has 0 atom stereocenters. The van der Waals surface area contributed by atoms with E-state index in [0.717, 1.165) is 5.56 Å². The summed E-state index contributed by atoms with van der Waals surface area (Å²) in [4.78, 5) is 7.85. The molecule has 0 amide bonds. The Labute approximate surface area is 118 Å². The Morgan fingerprint density at radius 3 is 2.72 bits per heavy atom. The monoisotopic (exact) mass is 328 g/mol. The minimum absolute atomic E-state index is 0.297. The highest BCUT2D eigenvalue weighted by Gasteiger charge is 2.12. The van der Waals surface area contributed by atoms with Gasteiger partial charge < -0.3 is 9.47 Å². The summed E-state index contributed by atoms with van der Waals surface area (Å²) in [5, 5.41) is 0.297. The van der Waals surface area contributed by atoms with E-state index in [-0.39, 0.29) is 0 Å². The van der Waals surface area contributed by atoms with Crippen molar-refractivity contribution in [1.29, 1.82) is 0 Å². The lowest BCUT2D eigenvalue weighted by molar-refractivity contribution is 0.372. The van der Waals surface area contributed by atoms with Crippen LogP contribution in [0, 0.1) is 6.92 Å². The molecule has 18 heavy (non-hydrogen) atoms. The molecular formula is C12H10BrClN2O2. The van der Waals surface area contributed by atoms with Crippen LogP contribution in [0.15, 0.2) is 29.0 Å². The predicted molar refractivity (Wildman–Crippen MR) is 72.5 cm³/mol. The molecule has 0 aliphatic heterocycles. The van der Waals surface area contributed by atoms with Crippen molar-refractivity contribution in [2.24, 2.45) is 0 Å². The smallest absolute Gasteiger partial charge is 0.238 e. The molecular weight excluding hydrogens is 320 g/mol. The van der Waals surface area contributed by atoms with Crippen LogP contribution in [0.3, 0.4) is 0 Å². The van der Waals surface area contributed by atoms with Crippen LogP contribution in [-0.2, 0) is 0 Å². The third kappa shape index (κ3) is 2.73. The van der Waals surface area contributed by atoms with E-state index in [1.165, 1.54) is 6.33 Å². The second-order valence-electron chi connectivity index (χ2n) is 3.54. The molecule has 0 saturated carbocycles. The first-order chi connectivity index (χ1) is 8.61. The number of methoxy groups -OCH3 is 1. The zero-order chi connectivity index (χ0) is 13.1. The SMILES string of the molecule is COc1cc(C)ccc1Oc1ncnc(Cl)c1Br. The topological polar surface area (TPSA) is 44.2 Å². The molecule has 0 aliphatic rings. The van der Waals surface area contributed by atoms with Gasteiger partial charge in [0.25, 0.3) is 0 Å². The van der Waals surface area contributed by atoms with Gasteiger partial charge in [0.2, 0.25) is 5.88 Å². The van der Waals surface area contributed by atoms with Gasteiger partial charge in [-0.2, -0.15) is 0 Å². The van der Waals surface area contributed by atoms with E-state index in [4.69, 9.17) is 21.1 Å². The van der Waals surface area contributed by atoms with E-state index in [2.05, 4.69) is 25.9 Å². The van der Waals surface area contributed by atoms with Gasteiger partial charge in [0.1, 0.15) is 10.8 Å². The van der Waals surface area contributed by atoms with Gasteiger partial charge in [-0.1, -0.05) is 17.7 Å². The number of hydrogen-bond donors (Lipinski definition) is 0. The quantitative estimate of drug-likeness (QED) is 0.798. The maximum atomic E-state index is 5.87. The number of ether oxygens (including phenoxy) is 2. The first kappa shape index (κ1) is 13.1. The molecule has 2 aromatic rings. The van der Waals surface area contributed by atoms with Crippen molar-refractivity contribution in [3.05, 3.63) is 39.7 Å². The van der Waals surface area contributed by atoms with Crippen molar-refractivity contribution in [3.63, 3.8) is 0 Å². The lowest BCUT2D eigenvalue weighted by Crippen LogP contribution is -1.94. The first-order valence-electron chi connectivity index (χ1n) is 5.10. The summed E-state index contributed by atoms with van der Waals surface area (Å²) in [6, 6.07) is 5.62. The van der Waals surface area contributed by atoms with Gasteiger partial charge in [-0.25, -0.2) is 9.97 Å². The Hall–Kier alpha value is -1.33. The third-order valence-corrected chi connectivity index (χ3v) is 3.47. The van der Waals surface area contributed by atoms with E-state index < -0.39 is 0 Å². The number of aromatic nitrogens is 2. The summed E-state index contributed by atoms with van der Waals surface area (Å²) in [5.41, 5.74) is 1.08. The van der Waals surface area contributed by atoms with Crippen molar-refractivity contribution in [2.75, 3.05) is 7.11 Å². The lowest BCUT2D eigenvalue weighted by atomic mass is 10.2. The normalized spacial score (nSPS) is 10.2. The van der Waals surface area contributed by atoms with E-state index in [0.29, 0.717) is 27.0 Å². The molecule has 1 aromatic carbocycles. The van der Waals surface area contributed by atoms with Crippen LogP contribution in [0.25, 0.3) is 0 Å². The van der Waals surface area contributed by atoms with Crippen molar-refractivity contribution in [2.45, 2.75) is 6.92 Å². The lowest BCUT2D eigenvalue weighted by Gasteiger charge is -2.11. The first-order valence-corrected chi connectivity index (χ1v) is 6.27. The number of hydrogen-bond acceptors (Lipinski definition) is 4. The maximum Gasteiger partial charge on any atom is 0.238 e. The fourth-order valence-corrected chi connectivity index (χ4v) is 1.78. The minimum atomic E-state index is 0.297. The summed E-state index contributed by atoms with van der Waals surface area (Å²) in [7, 11) is 1.59. The van der Waals surface area contributed by atoms with Crippen molar-refractivity contribution < 1.29 is 9.47 Å². The number of rotatable bonds is 3. The van der Waals surface area contributed by atoms with Crippen LogP contribution in [0.1, 0.15) is 5.56 Å². The van der Waals surface area contributed by atoms with Crippen molar-refractivity contribution in [1.82, 2.24) is 9.97 Å². The molecule has 0 bridgehead atoms. The molecule has 0 spiro atoms. The van der Waals surface area contributed by atoms with Gasteiger partial charge in [0.15, 0.2) is 16.7 Å². The summed E-state index contributed by atoms with van der Waals surface area (Å²) in [6.07, 6.45) is 1.34. The summed E-state index contributed by atoms with van der Waals surface area (Å²) >= 11 is 9.15.